The van der Waals surface area contributed by atoms with Crippen molar-refractivity contribution in [2.75, 3.05) is 34.4 Å². The van der Waals surface area contributed by atoms with Gasteiger partial charge in [0.15, 0.2) is 0 Å². The number of aliphatic hydroxyl groups excluding tert-OH is 1. The van der Waals surface area contributed by atoms with E-state index in [0.29, 0.717) is 12.3 Å². The van der Waals surface area contributed by atoms with E-state index >= 15 is 0 Å². The van der Waals surface area contributed by atoms with Gasteiger partial charge in [-0.1, -0.05) is 6.92 Å². The maximum Gasteiger partial charge on any atom is 0.136 e. The van der Waals surface area contributed by atoms with Gasteiger partial charge in [0.2, 0.25) is 0 Å². The summed E-state index contributed by atoms with van der Waals surface area (Å²) in [5.41, 5.74) is -3.43. The summed E-state index contributed by atoms with van der Waals surface area (Å²) in [5, 5.41) is 36.8. The topological polar surface area (TPSA) is 91.6 Å². The number of hydrogen-bond donors (Lipinski definition) is 3. The van der Waals surface area contributed by atoms with Gasteiger partial charge in [0, 0.05) is 57.5 Å². The third-order valence-corrected chi connectivity index (χ3v) is 10.8. The first-order chi connectivity index (χ1) is 14.4. The molecule has 7 nitrogen and oxygen atoms in total. The number of piperidine rings is 1. The van der Waals surface area contributed by atoms with Crippen LogP contribution in [0.1, 0.15) is 32.6 Å². The number of methoxy groups -OCH3 is 3. The van der Waals surface area contributed by atoms with Crippen molar-refractivity contribution in [3.05, 3.63) is 0 Å². The van der Waals surface area contributed by atoms with Gasteiger partial charge in [-0.2, -0.15) is 0 Å². The number of fused-ring (bicyclic) bond motifs is 2. The van der Waals surface area contributed by atoms with Crippen molar-refractivity contribution in [3.8, 4) is 0 Å². The first-order valence-corrected chi connectivity index (χ1v) is 11.8. The molecule has 6 fully saturated rings. The molecule has 5 aliphatic carbocycles. The SMILES string of the molecule is CCN1C[C@@H]2CC[C@H](OC)[C@@]34[C@@H]2[C@H](O)[C@@](O)([C@@H]13)[C@@]1(O)C[C@H](OC)[C@H]2C[C@@H]4[C@@H]1[C@H]2OC. The quantitative estimate of drug-likeness (QED) is 0.597. The normalized spacial score (nSPS) is 63.3. The Morgan fingerprint density at radius 2 is 1.80 bits per heavy atom. The molecule has 7 heteroatoms. The molecule has 0 unspecified atom stereocenters. The largest absolute Gasteiger partial charge is 0.390 e. The molecular formula is C23H37NO6. The first-order valence-electron chi connectivity index (χ1n) is 11.8. The average Bonchev–Trinajstić information content (AvgIpc) is 3.14. The summed E-state index contributed by atoms with van der Waals surface area (Å²) in [6.07, 6.45) is 1.82. The van der Waals surface area contributed by atoms with E-state index in [2.05, 4.69) is 11.8 Å². The van der Waals surface area contributed by atoms with Crippen LogP contribution in [0, 0.1) is 35.0 Å². The van der Waals surface area contributed by atoms with E-state index in [1.54, 1.807) is 21.3 Å². The van der Waals surface area contributed by atoms with Gasteiger partial charge in [0.05, 0.1) is 30.5 Å². The Balaban J connectivity index is 1.65. The third-order valence-electron chi connectivity index (χ3n) is 10.8. The third kappa shape index (κ3) is 1.80. The fraction of sp³-hybridized carbons (Fsp3) is 1.00. The number of nitrogens with zero attached hydrogens (tertiary/aromatic N) is 1. The zero-order valence-electron chi connectivity index (χ0n) is 18.5. The van der Waals surface area contributed by atoms with Gasteiger partial charge in [0.1, 0.15) is 11.2 Å². The second kappa shape index (κ2) is 6.19. The summed E-state index contributed by atoms with van der Waals surface area (Å²) in [5.74, 6) is 0.377. The van der Waals surface area contributed by atoms with Crippen molar-refractivity contribution in [2.24, 2.45) is 35.0 Å². The molecule has 0 radical (unpaired) electrons. The van der Waals surface area contributed by atoms with E-state index in [1.807, 2.05) is 0 Å². The summed E-state index contributed by atoms with van der Waals surface area (Å²) in [4.78, 5) is 2.35. The number of rotatable bonds is 4. The fourth-order valence-corrected chi connectivity index (χ4v) is 10.3. The van der Waals surface area contributed by atoms with Gasteiger partial charge in [-0.3, -0.25) is 4.90 Å². The van der Waals surface area contributed by atoms with Crippen LogP contribution < -0.4 is 0 Å². The molecule has 0 aromatic rings. The molecule has 5 saturated carbocycles. The lowest BCUT2D eigenvalue weighted by Crippen LogP contribution is -2.81. The Morgan fingerprint density at radius 3 is 2.43 bits per heavy atom. The highest BCUT2D eigenvalue weighted by Gasteiger charge is 2.89. The number of hydrogen-bond acceptors (Lipinski definition) is 7. The summed E-state index contributed by atoms with van der Waals surface area (Å²) >= 11 is 0. The monoisotopic (exact) mass is 423 g/mol. The highest BCUT2D eigenvalue weighted by molar-refractivity contribution is 5.39. The maximum absolute atomic E-state index is 12.5. The van der Waals surface area contributed by atoms with Crippen LogP contribution in [-0.4, -0.2) is 96.3 Å². The Kier molecular flexibility index (Phi) is 4.19. The predicted octanol–water partition coefficient (Wildman–Crippen LogP) is 0.254. The lowest BCUT2D eigenvalue weighted by molar-refractivity contribution is -0.314. The van der Waals surface area contributed by atoms with Crippen molar-refractivity contribution in [1.82, 2.24) is 4.90 Å². The highest BCUT2D eigenvalue weighted by Crippen LogP contribution is 2.78. The van der Waals surface area contributed by atoms with Gasteiger partial charge in [-0.05, 0) is 37.6 Å². The lowest BCUT2D eigenvalue weighted by atomic mass is 9.45. The van der Waals surface area contributed by atoms with Crippen LogP contribution in [0.3, 0.4) is 0 Å². The van der Waals surface area contributed by atoms with Crippen molar-refractivity contribution in [3.63, 3.8) is 0 Å². The van der Waals surface area contributed by atoms with Crippen molar-refractivity contribution in [1.29, 1.82) is 0 Å². The number of aliphatic hydroxyl groups is 3. The molecule has 1 saturated heterocycles. The minimum absolute atomic E-state index is 0.0332. The van der Waals surface area contributed by atoms with Crippen LogP contribution >= 0.6 is 0 Å². The van der Waals surface area contributed by atoms with Crippen molar-refractivity contribution < 1.29 is 29.5 Å². The average molecular weight is 424 g/mol. The second-order valence-electron chi connectivity index (χ2n) is 11.0. The molecule has 13 atom stereocenters. The van der Waals surface area contributed by atoms with Gasteiger partial charge < -0.3 is 29.5 Å². The van der Waals surface area contributed by atoms with E-state index in [9.17, 15) is 15.3 Å². The van der Waals surface area contributed by atoms with Gasteiger partial charge in [0.25, 0.3) is 0 Å². The molecule has 30 heavy (non-hydrogen) atoms. The van der Waals surface area contributed by atoms with Crippen LogP contribution in [0.2, 0.25) is 0 Å². The Labute approximate surface area is 178 Å². The minimum Gasteiger partial charge on any atom is -0.390 e. The molecule has 170 valence electrons. The molecule has 0 amide bonds. The zero-order valence-corrected chi connectivity index (χ0v) is 18.5. The number of ether oxygens (including phenoxy) is 3. The van der Waals surface area contributed by atoms with Crippen LogP contribution in [0.5, 0.6) is 0 Å². The van der Waals surface area contributed by atoms with E-state index in [4.69, 9.17) is 14.2 Å². The van der Waals surface area contributed by atoms with E-state index in [-0.39, 0.29) is 53.4 Å². The number of likely N-dealkylation sites (N-methyl/N-ethyl adjacent to an activating group) is 1. The number of likely N-dealkylation sites (tertiary alicyclic amines) is 1. The smallest absolute Gasteiger partial charge is 0.136 e. The predicted molar refractivity (Wildman–Crippen MR) is 108 cm³/mol. The van der Waals surface area contributed by atoms with Crippen LogP contribution in [0.15, 0.2) is 0 Å². The van der Waals surface area contributed by atoms with E-state index in [0.717, 1.165) is 32.4 Å². The lowest BCUT2D eigenvalue weighted by Gasteiger charge is -2.68. The summed E-state index contributed by atoms with van der Waals surface area (Å²) in [7, 11) is 5.18. The molecule has 1 aliphatic heterocycles. The van der Waals surface area contributed by atoms with Gasteiger partial charge in [-0.15, -0.1) is 0 Å². The molecule has 3 N–H and O–H groups in total. The molecule has 0 aromatic carbocycles. The molecule has 0 aromatic heterocycles. The Morgan fingerprint density at radius 1 is 1.03 bits per heavy atom. The molecule has 1 spiro atoms. The minimum atomic E-state index is -1.62. The highest BCUT2D eigenvalue weighted by atomic mass is 16.5. The summed E-state index contributed by atoms with van der Waals surface area (Å²) in [6, 6.07) is -0.311. The Hall–Kier alpha value is -0.280. The molecule has 1 heterocycles. The van der Waals surface area contributed by atoms with Crippen LogP contribution in [0.4, 0.5) is 0 Å². The molecule has 6 rings (SSSR count). The van der Waals surface area contributed by atoms with Gasteiger partial charge in [-0.25, -0.2) is 0 Å². The van der Waals surface area contributed by atoms with Crippen LogP contribution in [0.25, 0.3) is 0 Å². The summed E-state index contributed by atoms with van der Waals surface area (Å²) < 4.78 is 18.0. The van der Waals surface area contributed by atoms with Crippen molar-refractivity contribution >= 4 is 0 Å². The zero-order chi connectivity index (χ0) is 21.2. The van der Waals surface area contributed by atoms with Crippen molar-refractivity contribution in [2.45, 2.75) is 74.3 Å². The molecule has 6 aliphatic rings. The second-order valence-corrected chi connectivity index (χ2v) is 11.0. The van der Waals surface area contributed by atoms with Gasteiger partial charge >= 0.3 is 0 Å². The van der Waals surface area contributed by atoms with E-state index < -0.39 is 17.3 Å². The van der Waals surface area contributed by atoms with Crippen LogP contribution in [-0.2, 0) is 14.2 Å². The fourth-order valence-electron chi connectivity index (χ4n) is 10.3. The standard InChI is InChI=1S/C23H37NO6/c1-5-24-10-11-6-7-15(29-3)22-13-8-12-14(28-2)9-21(26,17(13)18(12)30-4)23(27,20(22)24)19(25)16(11)22/h11-20,25-27H,5-10H2,1-4H3/t11-,12+,13+,14-,15-,16-,17+,18-,19-,20-,21+,22-,23+/m0/s1. The maximum atomic E-state index is 12.5. The van der Waals surface area contributed by atoms with E-state index in [1.165, 1.54) is 0 Å². The summed E-state index contributed by atoms with van der Waals surface area (Å²) in [6.45, 7) is 3.79. The first kappa shape index (κ1) is 20.3. The molecule has 7 bridgehead atoms. The molecular weight excluding hydrogens is 386 g/mol. The Bertz CT molecular complexity index is 736.